The highest BCUT2D eigenvalue weighted by molar-refractivity contribution is 6.00. The predicted octanol–water partition coefficient (Wildman–Crippen LogP) is 3.39. The molecule has 1 aliphatic heterocycles. The lowest BCUT2D eigenvalue weighted by Gasteiger charge is -2.14. The fourth-order valence-electron chi connectivity index (χ4n) is 3.54. The number of rotatable bonds is 7. The van der Waals surface area contributed by atoms with Crippen LogP contribution in [0.4, 0.5) is 5.69 Å². The molecule has 6 heteroatoms. The number of nitrogens with zero attached hydrogens (tertiary/aromatic N) is 2. The van der Waals surface area contributed by atoms with Gasteiger partial charge >= 0.3 is 5.97 Å². The van der Waals surface area contributed by atoms with Gasteiger partial charge in [0, 0.05) is 49.9 Å². The van der Waals surface area contributed by atoms with Crippen LogP contribution in [0.15, 0.2) is 30.3 Å². The number of ketones is 1. The first-order valence-corrected chi connectivity index (χ1v) is 9.63. The van der Waals surface area contributed by atoms with Crippen LogP contribution in [-0.2, 0) is 16.0 Å². The van der Waals surface area contributed by atoms with E-state index in [0.717, 1.165) is 43.1 Å². The first-order chi connectivity index (χ1) is 13.4. The van der Waals surface area contributed by atoms with E-state index < -0.39 is 5.97 Å². The molecule has 2 heterocycles. The Morgan fingerprint density at radius 2 is 1.93 bits per heavy atom. The lowest BCUT2D eigenvalue weighted by atomic mass is 10.1. The molecule has 1 saturated heterocycles. The summed E-state index contributed by atoms with van der Waals surface area (Å²) in [6, 6.07) is 8.96. The van der Waals surface area contributed by atoms with E-state index >= 15 is 0 Å². The lowest BCUT2D eigenvalue weighted by Crippen LogP contribution is -2.18. The highest BCUT2D eigenvalue weighted by atomic mass is 16.5. The van der Waals surface area contributed by atoms with Crippen LogP contribution in [0.2, 0.25) is 0 Å². The van der Waals surface area contributed by atoms with Crippen molar-refractivity contribution in [3.63, 3.8) is 0 Å². The van der Waals surface area contributed by atoms with Gasteiger partial charge in [-0.2, -0.15) is 0 Å². The molecule has 2 aromatic rings. The molecule has 1 atom stereocenters. The number of hydrogen-bond donors (Lipinski definition) is 0. The molecule has 1 aromatic carbocycles. The summed E-state index contributed by atoms with van der Waals surface area (Å²) in [5, 5.41) is 0. The van der Waals surface area contributed by atoms with Crippen LogP contribution < -0.4 is 4.90 Å². The third-order valence-corrected chi connectivity index (χ3v) is 5.24. The number of aromatic nitrogens is 1. The number of carbonyl (C=O) groups excluding carboxylic acids is 2. The van der Waals surface area contributed by atoms with Crippen LogP contribution in [0, 0.1) is 13.8 Å². The molecule has 0 saturated carbocycles. The number of hydrogen-bond acceptors (Lipinski definition) is 5. The van der Waals surface area contributed by atoms with Gasteiger partial charge in [0.05, 0.1) is 11.7 Å². The van der Waals surface area contributed by atoms with Gasteiger partial charge in [0.1, 0.15) is 0 Å². The molecule has 1 aromatic heterocycles. The van der Waals surface area contributed by atoms with Crippen molar-refractivity contribution in [3.05, 3.63) is 52.8 Å². The van der Waals surface area contributed by atoms with Gasteiger partial charge in [-0.05, 0) is 57.0 Å². The SMILES string of the molecule is Cc1cc(C(=O)COC(=O)c2ccc(N(C)C)cc2)c(C)n1CC1CCCO1. The summed E-state index contributed by atoms with van der Waals surface area (Å²) >= 11 is 0. The maximum absolute atomic E-state index is 12.6. The van der Waals surface area contributed by atoms with E-state index in [-0.39, 0.29) is 18.5 Å². The molecule has 1 unspecified atom stereocenters. The van der Waals surface area contributed by atoms with E-state index in [0.29, 0.717) is 11.1 Å². The number of benzene rings is 1. The van der Waals surface area contributed by atoms with Crippen molar-refractivity contribution in [2.75, 3.05) is 32.2 Å². The summed E-state index contributed by atoms with van der Waals surface area (Å²) in [6.45, 7) is 5.21. The summed E-state index contributed by atoms with van der Waals surface area (Å²) in [6.07, 6.45) is 2.34. The minimum Gasteiger partial charge on any atom is -0.454 e. The highest BCUT2D eigenvalue weighted by Gasteiger charge is 2.22. The van der Waals surface area contributed by atoms with Crippen LogP contribution in [0.25, 0.3) is 0 Å². The molecule has 0 bridgehead atoms. The molecule has 0 spiro atoms. The molecule has 150 valence electrons. The summed E-state index contributed by atoms with van der Waals surface area (Å²) < 4.78 is 13.1. The largest absolute Gasteiger partial charge is 0.454 e. The van der Waals surface area contributed by atoms with Crippen LogP contribution in [0.5, 0.6) is 0 Å². The standard InChI is InChI=1S/C22H28N2O4/c1-15-12-20(16(2)24(15)13-19-6-5-11-27-19)21(25)14-28-22(26)17-7-9-18(10-8-17)23(3)4/h7-10,12,19H,5-6,11,13-14H2,1-4H3. The third kappa shape index (κ3) is 4.44. The zero-order valence-corrected chi connectivity index (χ0v) is 17.0. The molecule has 3 rings (SSSR count). The van der Waals surface area contributed by atoms with Gasteiger partial charge < -0.3 is 18.9 Å². The fourth-order valence-corrected chi connectivity index (χ4v) is 3.54. The zero-order valence-electron chi connectivity index (χ0n) is 17.0. The minimum atomic E-state index is -0.494. The highest BCUT2D eigenvalue weighted by Crippen LogP contribution is 2.21. The normalized spacial score (nSPS) is 16.2. The molecule has 0 radical (unpaired) electrons. The molecule has 0 N–H and O–H groups in total. The Morgan fingerprint density at radius 3 is 2.54 bits per heavy atom. The maximum atomic E-state index is 12.6. The Balaban J connectivity index is 1.62. The van der Waals surface area contributed by atoms with Gasteiger partial charge in [-0.15, -0.1) is 0 Å². The van der Waals surface area contributed by atoms with Crippen molar-refractivity contribution in [2.24, 2.45) is 0 Å². The Kier molecular flexibility index (Phi) is 6.19. The number of aryl methyl sites for hydroxylation is 1. The van der Waals surface area contributed by atoms with Crippen molar-refractivity contribution in [3.8, 4) is 0 Å². The fraction of sp³-hybridized carbons (Fsp3) is 0.455. The van der Waals surface area contributed by atoms with Gasteiger partial charge in [0.15, 0.2) is 6.61 Å². The number of carbonyl (C=O) groups is 2. The maximum Gasteiger partial charge on any atom is 0.338 e. The third-order valence-electron chi connectivity index (χ3n) is 5.24. The number of ether oxygens (including phenoxy) is 2. The van der Waals surface area contributed by atoms with Gasteiger partial charge in [-0.3, -0.25) is 4.79 Å². The van der Waals surface area contributed by atoms with E-state index in [2.05, 4.69) is 4.57 Å². The van der Waals surface area contributed by atoms with E-state index in [1.165, 1.54) is 0 Å². The van der Waals surface area contributed by atoms with Crippen molar-refractivity contribution in [1.82, 2.24) is 4.57 Å². The van der Waals surface area contributed by atoms with Crippen LogP contribution in [0.1, 0.15) is 44.9 Å². The van der Waals surface area contributed by atoms with E-state index in [1.54, 1.807) is 12.1 Å². The first-order valence-electron chi connectivity index (χ1n) is 9.63. The van der Waals surface area contributed by atoms with Crippen molar-refractivity contribution >= 4 is 17.4 Å². The molecular weight excluding hydrogens is 356 g/mol. The summed E-state index contributed by atoms with van der Waals surface area (Å²) in [7, 11) is 3.86. The Morgan fingerprint density at radius 1 is 1.21 bits per heavy atom. The summed E-state index contributed by atoms with van der Waals surface area (Å²) in [5.41, 5.74) is 3.94. The quantitative estimate of drug-likeness (QED) is 0.541. The van der Waals surface area contributed by atoms with Crippen molar-refractivity contribution in [2.45, 2.75) is 39.3 Å². The molecular formula is C22H28N2O4. The molecule has 28 heavy (non-hydrogen) atoms. The second-order valence-electron chi connectivity index (χ2n) is 7.47. The first kappa shape index (κ1) is 20.1. The molecule has 1 aliphatic rings. The molecule has 0 amide bonds. The zero-order chi connectivity index (χ0) is 20.3. The number of esters is 1. The van der Waals surface area contributed by atoms with Gasteiger partial charge in [0.25, 0.3) is 0 Å². The minimum absolute atomic E-state index is 0.190. The van der Waals surface area contributed by atoms with Crippen LogP contribution in [0.3, 0.4) is 0 Å². The molecule has 0 aliphatic carbocycles. The summed E-state index contributed by atoms with van der Waals surface area (Å²) in [4.78, 5) is 26.8. The average molecular weight is 384 g/mol. The molecule has 6 nitrogen and oxygen atoms in total. The average Bonchev–Trinajstić information content (AvgIpc) is 3.29. The van der Waals surface area contributed by atoms with Gasteiger partial charge in [-0.25, -0.2) is 4.79 Å². The Hall–Kier alpha value is -2.60. The van der Waals surface area contributed by atoms with E-state index in [1.807, 2.05) is 51.0 Å². The van der Waals surface area contributed by atoms with E-state index in [9.17, 15) is 9.59 Å². The van der Waals surface area contributed by atoms with Gasteiger partial charge in [-0.1, -0.05) is 0 Å². The van der Waals surface area contributed by atoms with Crippen LogP contribution >= 0.6 is 0 Å². The monoisotopic (exact) mass is 384 g/mol. The van der Waals surface area contributed by atoms with Crippen molar-refractivity contribution in [1.29, 1.82) is 0 Å². The predicted molar refractivity (Wildman–Crippen MR) is 108 cm³/mol. The second-order valence-corrected chi connectivity index (χ2v) is 7.47. The topological polar surface area (TPSA) is 60.8 Å². The smallest absolute Gasteiger partial charge is 0.338 e. The van der Waals surface area contributed by atoms with Crippen LogP contribution in [-0.4, -0.2) is 49.7 Å². The van der Waals surface area contributed by atoms with Crippen molar-refractivity contribution < 1.29 is 19.1 Å². The lowest BCUT2D eigenvalue weighted by molar-refractivity contribution is 0.0474. The van der Waals surface area contributed by atoms with E-state index in [4.69, 9.17) is 9.47 Å². The number of Topliss-reactive ketones (excluding diaryl/α,β-unsaturated/α-hetero) is 1. The Labute approximate surface area is 166 Å². The molecule has 1 fully saturated rings. The summed E-state index contributed by atoms with van der Waals surface area (Å²) in [5.74, 6) is -0.684. The second kappa shape index (κ2) is 8.61. The number of anilines is 1. The Bertz CT molecular complexity index is 846. The van der Waals surface area contributed by atoms with Gasteiger partial charge in [0.2, 0.25) is 5.78 Å².